The predicted molar refractivity (Wildman–Crippen MR) is 119 cm³/mol. The Bertz CT molecular complexity index is 1020. The second kappa shape index (κ2) is 10.3. The van der Waals surface area contributed by atoms with Crippen molar-refractivity contribution in [2.45, 2.75) is 50.9 Å². The Labute approximate surface area is 185 Å². The minimum absolute atomic E-state index is 0.0139. The summed E-state index contributed by atoms with van der Waals surface area (Å²) in [6, 6.07) is 4.56. The highest BCUT2D eigenvalue weighted by atomic mass is 32.2. The third kappa shape index (κ3) is 5.86. The maximum Gasteiger partial charge on any atom is 0.337 e. The fourth-order valence-corrected chi connectivity index (χ4v) is 4.31. The summed E-state index contributed by atoms with van der Waals surface area (Å²) in [5, 5.41) is 10.6. The van der Waals surface area contributed by atoms with Crippen molar-refractivity contribution in [3.05, 3.63) is 34.1 Å². The van der Waals surface area contributed by atoms with E-state index in [4.69, 9.17) is 4.74 Å². The van der Waals surface area contributed by atoms with Gasteiger partial charge in [0.05, 0.1) is 42.0 Å². The number of esters is 1. The molecule has 1 unspecified atom stereocenters. The summed E-state index contributed by atoms with van der Waals surface area (Å²) in [4.78, 5) is 44.2. The van der Waals surface area contributed by atoms with Crippen LogP contribution in [0.2, 0.25) is 0 Å². The molecule has 9 heteroatoms. The lowest BCUT2D eigenvalue weighted by Crippen LogP contribution is -2.35. The molecular weight excluding hydrogens is 418 g/mol. The molecule has 1 saturated carbocycles. The van der Waals surface area contributed by atoms with Crippen LogP contribution in [0.3, 0.4) is 0 Å². The van der Waals surface area contributed by atoms with Crippen LogP contribution in [0.1, 0.15) is 43.5 Å². The molecule has 1 heterocycles. The van der Waals surface area contributed by atoms with E-state index in [-0.39, 0.29) is 23.8 Å². The summed E-state index contributed by atoms with van der Waals surface area (Å²) in [6.07, 6.45) is 2.47. The van der Waals surface area contributed by atoms with Gasteiger partial charge in [-0.05, 0) is 50.3 Å². The number of hydrogen-bond acceptors (Lipinski definition) is 7. The van der Waals surface area contributed by atoms with Gasteiger partial charge in [-0.2, -0.15) is 0 Å². The lowest BCUT2D eigenvalue weighted by molar-refractivity contribution is -0.128. The highest BCUT2D eigenvalue weighted by Gasteiger charge is 2.26. The molecule has 1 aromatic carbocycles. The van der Waals surface area contributed by atoms with E-state index in [1.807, 2.05) is 11.8 Å². The molecule has 1 amide bonds. The first-order valence-electron chi connectivity index (χ1n) is 10.6. The van der Waals surface area contributed by atoms with Crippen LogP contribution in [-0.4, -0.2) is 63.5 Å². The van der Waals surface area contributed by atoms with E-state index >= 15 is 0 Å². The molecule has 1 fully saturated rings. The predicted octanol–water partition coefficient (Wildman–Crippen LogP) is 2.30. The van der Waals surface area contributed by atoms with Crippen LogP contribution in [0.5, 0.6) is 0 Å². The molecule has 168 valence electrons. The SMILES string of the molecule is CCCN(CC1CC1)C(=O)CSc1nc2cc(C(=O)OC)ccc2c(=O)n1CC(C)O. The van der Waals surface area contributed by atoms with Gasteiger partial charge in [0, 0.05) is 13.1 Å². The number of aliphatic hydroxyl groups excluding tert-OH is 1. The van der Waals surface area contributed by atoms with Crippen molar-refractivity contribution in [1.29, 1.82) is 0 Å². The highest BCUT2D eigenvalue weighted by Crippen LogP contribution is 2.30. The number of fused-ring (bicyclic) bond motifs is 1. The monoisotopic (exact) mass is 447 g/mol. The number of rotatable bonds is 10. The highest BCUT2D eigenvalue weighted by molar-refractivity contribution is 7.99. The van der Waals surface area contributed by atoms with E-state index < -0.39 is 12.1 Å². The van der Waals surface area contributed by atoms with Gasteiger partial charge in [0.25, 0.3) is 5.56 Å². The third-order valence-corrected chi connectivity index (χ3v) is 6.10. The minimum Gasteiger partial charge on any atom is -0.465 e. The van der Waals surface area contributed by atoms with Crippen LogP contribution in [0.4, 0.5) is 0 Å². The number of carbonyl (C=O) groups excluding carboxylic acids is 2. The molecule has 31 heavy (non-hydrogen) atoms. The summed E-state index contributed by atoms with van der Waals surface area (Å²) in [6.45, 7) is 5.20. The second-order valence-corrected chi connectivity index (χ2v) is 8.90. The van der Waals surface area contributed by atoms with Crippen molar-refractivity contribution < 1.29 is 19.4 Å². The molecule has 0 radical (unpaired) electrons. The number of benzene rings is 1. The van der Waals surface area contributed by atoms with Gasteiger partial charge in [0.2, 0.25) is 5.91 Å². The topological polar surface area (TPSA) is 102 Å². The van der Waals surface area contributed by atoms with Crippen LogP contribution in [0, 0.1) is 5.92 Å². The number of ether oxygens (including phenoxy) is 1. The average molecular weight is 448 g/mol. The Morgan fingerprint density at radius 2 is 2.13 bits per heavy atom. The van der Waals surface area contributed by atoms with Gasteiger partial charge in [-0.25, -0.2) is 9.78 Å². The Morgan fingerprint density at radius 1 is 1.39 bits per heavy atom. The fourth-order valence-electron chi connectivity index (χ4n) is 3.40. The number of nitrogens with zero attached hydrogens (tertiary/aromatic N) is 3. The summed E-state index contributed by atoms with van der Waals surface area (Å²) in [5.41, 5.74) is 0.328. The molecule has 8 nitrogen and oxygen atoms in total. The lowest BCUT2D eigenvalue weighted by atomic mass is 10.1. The van der Waals surface area contributed by atoms with E-state index in [0.717, 1.165) is 13.0 Å². The lowest BCUT2D eigenvalue weighted by Gasteiger charge is -2.22. The zero-order valence-electron chi connectivity index (χ0n) is 18.2. The summed E-state index contributed by atoms with van der Waals surface area (Å²) in [5.74, 6) is 0.252. The Kier molecular flexibility index (Phi) is 7.72. The molecule has 0 bridgehead atoms. The molecule has 1 atom stereocenters. The molecular formula is C22H29N3O5S. The molecule has 0 spiro atoms. The molecule has 1 aliphatic rings. The van der Waals surface area contributed by atoms with Gasteiger partial charge >= 0.3 is 5.97 Å². The fraction of sp³-hybridized carbons (Fsp3) is 0.545. The smallest absolute Gasteiger partial charge is 0.337 e. The first-order chi connectivity index (χ1) is 14.8. The standard InChI is InChI=1S/C22H29N3O5S/c1-4-9-24(12-15-5-6-15)19(27)13-31-22-23-18-10-16(21(29)30-3)7-8-17(18)20(28)25(22)11-14(2)26/h7-8,10,14-15,26H,4-6,9,11-13H2,1-3H3. The third-order valence-electron chi connectivity index (χ3n) is 5.13. The van der Waals surface area contributed by atoms with Crippen molar-refractivity contribution in [2.24, 2.45) is 5.92 Å². The zero-order chi connectivity index (χ0) is 22.5. The minimum atomic E-state index is -0.757. The van der Waals surface area contributed by atoms with Gasteiger partial charge in [-0.1, -0.05) is 18.7 Å². The summed E-state index contributed by atoms with van der Waals surface area (Å²) < 4.78 is 6.15. The van der Waals surface area contributed by atoms with Crippen molar-refractivity contribution in [1.82, 2.24) is 14.5 Å². The van der Waals surface area contributed by atoms with Crippen LogP contribution < -0.4 is 5.56 Å². The first kappa shape index (κ1) is 23.3. The van der Waals surface area contributed by atoms with Crippen LogP contribution in [0.15, 0.2) is 28.2 Å². The summed E-state index contributed by atoms with van der Waals surface area (Å²) in [7, 11) is 1.29. The van der Waals surface area contributed by atoms with E-state index in [1.54, 1.807) is 6.92 Å². The molecule has 2 aromatic rings. The van der Waals surface area contributed by atoms with Crippen molar-refractivity contribution in [3.63, 3.8) is 0 Å². The second-order valence-electron chi connectivity index (χ2n) is 7.95. The van der Waals surface area contributed by atoms with Crippen molar-refractivity contribution in [3.8, 4) is 0 Å². The maximum atomic E-state index is 13.1. The van der Waals surface area contributed by atoms with E-state index in [1.165, 1.54) is 54.5 Å². The Morgan fingerprint density at radius 3 is 2.74 bits per heavy atom. The molecule has 1 N–H and O–H groups in total. The largest absolute Gasteiger partial charge is 0.465 e. The van der Waals surface area contributed by atoms with Crippen LogP contribution in [-0.2, 0) is 16.1 Å². The first-order valence-corrected chi connectivity index (χ1v) is 11.5. The molecule has 1 aromatic heterocycles. The van der Waals surface area contributed by atoms with Gasteiger partial charge in [-0.15, -0.1) is 0 Å². The normalized spacial score (nSPS) is 14.5. The number of thioether (sulfide) groups is 1. The summed E-state index contributed by atoms with van der Waals surface area (Å²) >= 11 is 1.18. The quantitative estimate of drug-likeness (QED) is 0.339. The molecule has 3 rings (SSSR count). The number of carbonyl (C=O) groups is 2. The number of methoxy groups -OCH3 is 1. The van der Waals surface area contributed by atoms with E-state index in [2.05, 4.69) is 4.98 Å². The average Bonchev–Trinajstić information content (AvgIpc) is 3.57. The van der Waals surface area contributed by atoms with E-state index in [9.17, 15) is 19.5 Å². The van der Waals surface area contributed by atoms with Gasteiger partial charge in [0.15, 0.2) is 5.16 Å². The molecule has 0 saturated heterocycles. The van der Waals surface area contributed by atoms with Crippen molar-refractivity contribution >= 4 is 34.5 Å². The van der Waals surface area contributed by atoms with Gasteiger partial charge in [0.1, 0.15) is 0 Å². The van der Waals surface area contributed by atoms with Crippen LogP contribution in [0.25, 0.3) is 10.9 Å². The van der Waals surface area contributed by atoms with Crippen LogP contribution >= 0.6 is 11.8 Å². The number of aliphatic hydroxyl groups is 1. The Balaban J connectivity index is 1.91. The maximum absolute atomic E-state index is 13.1. The number of hydrogen-bond donors (Lipinski definition) is 1. The van der Waals surface area contributed by atoms with E-state index in [0.29, 0.717) is 34.1 Å². The number of aromatic nitrogens is 2. The van der Waals surface area contributed by atoms with Gasteiger partial charge < -0.3 is 14.7 Å². The zero-order valence-corrected chi connectivity index (χ0v) is 19.0. The molecule has 0 aliphatic heterocycles. The molecule has 1 aliphatic carbocycles. The van der Waals surface area contributed by atoms with Gasteiger partial charge in [-0.3, -0.25) is 14.2 Å². The van der Waals surface area contributed by atoms with Crippen molar-refractivity contribution in [2.75, 3.05) is 26.0 Å². The number of amides is 1. The Hall–Kier alpha value is -2.39.